The van der Waals surface area contributed by atoms with Gasteiger partial charge in [-0.25, -0.2) is 4.98 Å². The van der Waals surface area contributed by atoms with Crippen molar-refractivity contribution in [3.05, 3.63) is 72.2 Å². The summed E-state index contributed by atoms with van der Waals surface area (Å²) in [5.41, 5.74) is 8.29. The Morgan fingerprint density at radius 1 is 0.935 bits per heavy atom. The molecule has 0 radical (unpaired) electrons. The zero-order valence-electron chi connectivity index (χ0n) is 17.3. The Hall–Kier alpha value is -3.80. The first-order valence-electron chi connectivity index (χ1n) is 10.7. The Kier molecular flexibility index (Phi) is 4.16. The average Bonchev–Trinajstić information content (AvgIpc) is 3.45. The molecule has 5 aromatic rings. The van der Waals surface area contributed by atoms with Gasteiger partial charge in [-0.1, -0.05) is 30.3 Å². The van der Waals surface area contributed by atoms with Crippen LogP contribution in [0.25, 0.3) is 44.8 Å². The Morgan fingerprint density at radius 2 is 1.81 bits per heavy atom. The molecule has 6 nitrogen and oxygen atoms in total. The molecule has 0 fully saturated rings. The first-order chi connectivity index (χ1) is 15.3. The highest BCUT2D eigenvalue weighted by molar-refractivity contribution is 5.96. The van der Waals surface area contributed by atoms with E-state index in [1.54, 1.807) is 0 Å². The highest BCUT2D eigenvalue weighted by Crippen LogP contribution is 2.34. The van der Waals surface area contributed by atoms with Crippen molar-refractivity contribution in [2.45, 2.75) is 25.7 Å². The number of benzene rings is 1. The summed E-state index contributed by atoms with van der Waals surface area (Å²) in [6, 6.07) is 16.4. The number of hydrogen-bond acceptors (Lipinski definition) is 4. The zero-order chi connectivity index (χ0) is 20.8. The minimum Gasteiger partial charge on any atom is -0.276 e. The molecule has 31 heavy (non-hydrogen) atoms. The number of aromatic nitrogens is 6. The van der Waals surface area contributed by atoms with Crippen LogP contribution in [0.3, 0.4) is 0 Å². The van der Waals surface area contributed by atoms with Gasteiger partial charge in [0.05, 0.1) is 22.8 Å². The number of hydrogen-bond donors (Lipinski definition) is 1. The van der Waals surface area contributed by atoms with Gasteiger partial charge in [0, 0.05) is 41.6 Å². The zero-order valence-corrected chi connectivity index (χ0v) is 17.3. The molecule has 152 valence electrons. The Bertz CT molecular complexity index is 1400. The van der Waals surface area contributed by atoms with E-state index in [1.807, 2.05) is 48.4 Å². The van der Waals surface area contributed by atoms with E-state index < -0.39 is 0 Å². The summed E-state index contributed by atoms with van der Waals surface area (Å²) >= 11 is 0. The molecule has 0 atom stereocenters. The lowest BCUT2D eigenvalue weighted by molar-refractivity contribution is 0.626. The number of nitrogens with zero attached hydrogens (tertiary/aromatic N) is 5. The Morgan fingerprint density at radius 3 is 2.71 bits per heavy atom. The van der Waals surface area contributed by atoms with Crippen LogP contribution in [0.15, 0.2) is 60.9 Å². The normalized spacial score (nSPS) is 13.5. The third kappa shape index (κ3) is 3.03. The fourth-order valence-corrected chi connectivity index (χ4v) is 4.59. The lowest BCUT2D eigenvalue weighted by atomic mass is 9.94. The summed E-state index contributed by atoms with van der Waals surface area (Å²) in [5.74, 6) is 0. The molecule has 4 aromatic heterocycles. The van der Waals surface area contributed by atoms with E-state index in [0.717, 1.165) is 57.6 Å². The Balaban J connectivity index is 1.54. The number of aromatic amines is 1. The fourth-order valence-electron chi connectivity index (χ4n) is 4.59. The van der Waals surface area contributed by atoms with Crippen molar-refractivity contribution < 1.29 is 0 Å². The van der Waals surface area contributed by atoms with Crippen LogP contribution in [-0.4, -0.2) is 29.9 Å². The molecular formula is C25H22N6. The summed E-state index contributed by atoms with van der Waals surface area (Å²) in [5, 5.41) is 14.7. The van der Waals surface area contributed by atoms with E-state index in [2.05, 4.69) is 39.4 Å². The molecular weight excluding hydrogens is 384 g/mol. The van der Waals surface area contributed by atoms with E-state index in [-0.39, 0.29) is 0 Å². The van der Waals surface area contributed by atoms with Gasteiger partial charge in [0.1, 0.15) is 5.69 Å². The maximum atomic E-state index is 5.08. The van der Waals surface area contributed by atoms with Crippen LogP contribution in [0, 0.1) is 0 Å². The number of nitrogens with one attached hydrogen (secondary N) is 1. The fraction of sp³-hybridized carbons (Fsp3) is 0.200. The van der Waals surface area contributed by atoms with Crippen LogP contribution in [0.4, 0.5) is 0 Å². The summed E-state index contributed by atoms with van der Waals surface area (Å²) in [6.45, 7) is 0. The third-order valence-corrected chi connectivity index (χ3v) is 6.14. The molecule has 0 unspecified atom stereocenters. The van der Waals surface area contributed by atoms with Crippen molar-refractivity contribution in [3.63, 3.8) is 0 Å². The van der Waals surface area contributed by atoms with Gasteiger partial charge in [0.2, 0.25) is 0 Å². The predicted octanol–water partition coefficient (Wildman–Crippen LogP) is 4.97. The van der Waals surface area contributed by atoms with E-state index in [9.17, 15) is 0 Å². The highest BCUT2D eigenvalue weighted by atomic mass is 15.3. The SMILES string of the molecule is Cn1nc(-c2cc3ccncc3c(-c3cc(-c4ccccc4)n[nH]3)n2)c2c1CCCC2. The quantitative estimate of drug-likeness (QED) is 0.459. The van der Waals surface area contributed by atoms with Gasteiger partial charge in [-0.05, 0) is 49.3 Å². The van der Waals surface area contributed by atoms with Crippen LogP contribution in [0.5, 0.6) is 0 Å². The van der Waals surface area contributed by atoms with Crippen molar-refractivity contribution in [1.82, 2.24) is 29.9 Å². The topological polar surface area (TPSA) is 72.3 Å². The number of H-pyrrole nitrogens is 1. The van der Waals surface area contributed by atoms with Crippen molar-refractivity contribution >= 4 is 10.8 Å². The highest BCUT2D eigenvalue weighted by Gasteiger charge is 2.22. The maximum Gasteiger partial charge on any atom is 0.114 e. The van der Waals surface area contributed by atoms with Crippen LogP contribution in [0.2, 0.25) is 0 Å². The predicted molar refractivity (Wildman–Crippen MR) is 121 cm³/mol. The number of rotatable bonds is 3. The molecule has 0 aliphatic heterocycles. The summed E-state index contributed by atoms with van der Waals surface area (Å²) in [7, 11) is 2.04. The minimum atomic E-state index is 0.852. The lowest BCUT2D eigenvalue weighted by Gasteiger charge is -2.13. The molecule has 6 rings (SSSR count). The van der Waals surface area contributed by atoms with Gasteiger partial charge in [0.15, 0.2) is 0 Å². The first-order valence-corrected chi connectivity index (χ1v) is 10.7. The third-order valence-electron chi connectivity index (χ3n) is 6.14. The first kappa shape index (κ1) is 18.0. The van der Waals surface area contributed by atoms with Crippen LogP contribution < -0.4 is 0 Å². The summed E-state index contributed by atoms with van der Waals surface area (Å²) in [6.07, 6.45) is 8.28. The minimum absolute atomic E-state index is 0.852. The molecule has 1 N–H and O–H groups in total. The van der Waals surface area contributed by atoms with Crippen LogP contribution in [0.1, 0.15) is 24.1 Å². The molecule has 0 saturated carbocycles. The molecule has 1 aliphatic carbocycles. The largest absolute Gasteiger partial charge is 0.276 e. The summed E-state index contributed by atoms with van der Waals surface area (Å²) < 4.78 is 2.03. The number of fused-ring (bicyclic) bond motifs is 2. The van der Waals surface area contributed by atoms with E-state index in [1.165, 1.54) is 24.1 Å². The standard InChI is InChI=1S/C25H22N6/c1-31-23-10-6-5-9-18(23)25(30-31)21-13-17-11-12-26-15-19(17)24(27-21)22-14-20(28-29-22)16-7-3-2-4-8-16/h2-4,7-8,11-15H,5-6,9-10H2,1H3,(H,28,29). The second-order valence-corrected chi connectivity index (χ2v) is 8.09. The van der Waals surface area contributed by atoms with Crippen LogP contribution in [-0.2, 0) is 19.9 Å². The van der Waals surface area contributed by atoms with Crippen LogP contribution >= 0.6 is 0 Å². The monoisotopic (exact) mass is 406 g/mol. The van der Waals surface area contributed by atoms with E-state index >= 15 is 0 Å². The van der Waals surface area contributed by atoms with Crippen molar-refractivity contribution in [1.29, 1.82) is 0 Å². The smallest absolute Gasteiger partial charge is 0.114 e. The molecule has 6 heteroatoms. The maximum absolute atomic E-state index is 5.08. The van der Waals surface area contributed by atoms with Gasteiger partial charge in [0.25, 0.3) is 0 Å². The molecule has 1 aliphatic rings. The van der Waals surface area contributed by atoms with Gasteiger partial charge < -0.3 is 0 Å². The summed E-state index contributed by atoms with van der Waals surface area (Å²) in [4.78, 5) is 9.43. The van der Waals surface area contributed by atoms with Crippen molar-refractivity contribution in [2.75, 3.05) is 0 Å². The molecule has 4 heterocycles. The Labute approximate surface area is 180 Å². The van der Waals surface area contributed by atoms with Gasteiger partial charge in [-0.2, -0.15) is 10.2 Å². The number of pyridine rings is 2. The molecule has 0 bridgehead atoms. The molecule has 1 aromatic carbocycles. The second-order valence-electron chi connectivity index (χ2n) is 8.09. The molecule has 0 saturated heterocycles. The molecule has 0 spiro atoms. The van der Waals surface area contributed by atoms with Crippen molar-refractivity contribution in [3.8, 4) is 34.0 Å². The van der Waals surface area contributed by atoms with E-state index in [4.69, 9.17) is 10.1 Å². The number of aryl methyl sites for hydroxylation is 1. The second kappa shape index (κ2) is 7.16. The van der Waals surface area contributed by atoms with E-state index in [0.29, 0.717) is 0 Å². The van der Waals surface area contributed by atoms with Crippen molar-refractivity contribution in [2.24, 2.45) is 7.05 Å². The average molecular weight is 406 g/mol. The lowest BCUT2D eigenvalue weighted by Crippen LogP contribution is -2.05. The van der Waals surface area contributed by atoms with Gasteiger partial charge >= 0.3 is 0 Å². The van der Waals surface area contributed by atoms with Gasteiger partial charge in [-0.15, -0.1) is 0 Å². The van der Waals surface area contributed by atoms with Gasteiger partial charge in [-0.3, -0.25) is 14.8 Å². The molecule has 0 amide bonds.